The highest BCUT2D eigenvalue weighted by Crippen LogP contribution is 2.28. The Bertz CT molecular complexity index is 331. The van der Waals surface area contributed by atoms with Gasteiger partial charge in [0.25, 0.3) is 0 Å². The van der Waals surface area contributed by atoms with Gasteiger partial charge < -0.3 is 0 Å². The van der Waals surface area contributed by atoms with E-state index in [1.807, 2.05) is 30.3 Å². The SMILES string of the molecule is CC1=CCN(C)OC1c1ccccc1. The van der Waals surface area contributed by atoms with Crippen LogP contribution in [0.1, 0.15) is 18.6 Å². The zero-order valence-corrected chi connectivity index (χ0v) is 8.60. The van der Waals surface area contributed by atoms with Crippen molar-refractivity contribution in [2.24, 2.45) is 0 Å². The van der Waals surface area contributed by atoms with Crippen LogP contribution in [0.25, 0.3) is 0 Å². The third-order valence-corrected chi connectivity index (χ3v) is 2.47. The molecule has 2 nitrogen and oxygen atoms in total. The number of nitrogens with zero attached hydrogens (tertiary/aromatic N) is 1. The molecular weight excluding hydrogens is 174 g/mol. The van der Waals surface area contributed by atoms with Gasteiger partial charge in [-0.05, 0) is 18.1 Å². The fraction of sp³-hybridized carbons (Fsp3) is 0.333. The lowest BCUT2D eigenvalue weighted by Gasteiger charge is -2.29. The van der Waals surface area contributed by atoms with E-state index in [9.17, 15) is 0 Å². The van der Waals surface area contributed by atoms with Gasteiger partial charge in [0.1, 0.15) is 6.10 Å². The second kappa shape index (κ2) is 3.95. The Hall–Kier alpha value is -1.12. The molecule has 0 bridgehead atoms. The fourth-order valence-electron chi connectivity index (χ4n) is 1.64. The summed E-state index contributed by atoms with van der Waals surface area (Å²) in [4.78, 5) is 5.75. The van der Waals surface area contributed by atoms with E-state index in [0.29, 0.717) is 0 Å². The quantitative estimate of drug-likeness (QED) is 0.629. The fourth-order valence-corrected chi connectivity index (χ4v) is 1.64. The van der Waals surface area contributed by atoms with Gasteiger partial charge in [0.05, 0.1) is 0 Å². The summed E-state index contributed by atoms with van der Waals surface area (Å²) in [6.07, 6.45) is 2.30. The summed E-state index contributed by atoms with van der Waals surface area (Å²) in [6, 6.07) is 10.3. The number of hydrogen-bond donors (Lipinski definition) is 0. The molecule has 0 aromatic heterocycles. The minimum absolute atomic E-state index is 0.0925. The average molecular weight is 189 g/mol. The van der Waals surface area contributed by atoms with Gasteiger partial charge in [-0.2, -0.15) is 5.06 Å². The van der Waals surface area contributed by atoms with E-state index >= 15 is 0 Å². The van der Waals surface area contributed by atoms with Crippen molar-refractivity contribution in [3.63, 3.8) is 0 Å². The molecular formula is C12H15NO. The van der Waals surface area contributed by atoms with Gasteiger partial charge in [0, 0.05) is 13.6 Å². The van der Waals surface area contributed by atoms with Crippen molar-refractivity contribution >= 4 is 0 Å². The number of benzene rings is 1. The minimum atomic E-state index is 0.0925. The predicted molar refractivity (Wildman–Crippen MR) is 56.7 cm³/mol. The average Bonchev–Trinajstić information content (AvgIpc) is 2.23. The van der Waals surface area contributed by atoms with E-state index in [2.05, 4.69) is 25.1 Å². The first-order chi connectivity index (χ1) is 6.77. The van der Waals surface area contributed by atoms with E-state index in [1.54, 1.807) is 0 Å². The third kappa shape index (κ3) is 1.86. The summed E-state index contributed by atoms with van der Waals surface area (Å²) in [6.45, 7) is 2.99. The highest BCUT2D eigenvalue weighted by atomic mass is 16.7. The van der Waals surface area contributed by atoms with Crippen molar-refractivity contribution in [1.82, 2.24) is 5.06 Å². The van der Waals surface area contributed by atoms with Crippen LogP contribution in [-0.2, 0) is 4.84 Å². The molecule has 0 saturated carbocycles. The van der Waals surface area contributed by atoms with Gasteiger partial charge in [-0.25, -0.2) is 0 Å². The number of likely N-dealkylation sites (N-methyl/N-ethyl adjacent to an activating group) is 1. The second-order valence-corrected chi connectivity index (χ2v) is 3.65. The van der Waals surface area contributed by atoms with Crippen molar-refractivity contribution in [2.45, 2.75) is 13.0 Å². The first kappa shape index (κ1) is 9.44. The zero-order chi connectivity index (χ0) is 9.97. The molecule has 0 radical (unpaired) electrons. The molecule has 1 aliphatic rings. The Morgan fingerprint density at radius 1 is 1.29 bits per heavy atom. The van der Waals surface area contributed by atoms with Crippen LogP contribution < -0.4 is 0 Å². The topological polar surface area (TPSA) is 12.5 Å². The number of rotatable bonds is 1. The van der Waals surface area contributed by atoms with Crippen molar-refractivity contribution in [3.8, 4) is 0 Å². The highest BCUT2D eigenvalue weighted by molar-refractivity contribution is 5.26. The Balaban J connectivity index is 2.26. The summed E-state index contributed by atoms with van der Waals surface area (Å²) in [5, 5.41) is 1.87. The maximum atomic E-state index is 5.75. The Morgan fingerprint density at radius 3 is 2.71 bits per heavy atom. The molecule has 1 aromatic carbocycles. The lowest BCUT2D eigenvalue weighted by atomic mass is 10.0. The van der Waals surface area contributed by atoms with Crippen molar-refractivity contribution in [1.29, 1.82) is 0 Å². The molecule has 74 valence electrons. The Kier molecular flexibility index (Phi) is 2.66. The summed E-state index contributed by atoms with van der Waals surface area (Å²) in [5.74, 6) is 0. The lowest BCUT2D eigenvalue weighted by Crippen LogP contribution is -2.27. The molecule has 1 atom stereocenters. The van der Waals surface area contributed by atoms with Crippen LogP contribution in [-0.4, -0.2) is 18.7 Å². The van der Waals surface area contributed by atoms with Gasteiger partial charge in [0.15, 0.2) is 0 Å². The molecule has 14 heavy (non-hydrogen) atoms. The number of hydrogen-bond acceptors (Lipinski definition) is 2. The van der Waals surface area contributed by atoms with Gasteiger partial charge in [-0.15, -0.1) is 0 Å². The molecule has 1 aliphatic heterocycles. The highest BCUT2D eigenvalue weighted by Gasteiger charge is 2.19. The molecule has 0 amide bonds. The molecule has 1 heterocycles. The van der Waals surface area contributed by atoms with Gasteiger partial charge in [-0.1, -0.05) is 36.4 Å². The first-order valence-corrected chi connectivity index (χ1v) is 4.87. The van der Waals surface area contributed by atoms with Crippen LogP contribution in [0, 0.1) is 0 Å². The van der Waals surface area contributed by atoms with Crippen LogP contribution in [0.2, 0.25) is 0 Å². The maximum Gasteiger partial charge on any atom is 0.125 e. The summed E-state index contributed by atoms with van der Waals surface area (Å²) in [5.41, 5.74) is 2.50. The molecule has 0 N–H and O–H groups in total. The van der Waals surface area contributed by atoms with Crippen molar-refractivity contribution < 1.29 is 4.84 Å². The molecule has 0 fully saturated rings. The second-order valence-electron chi connectivity index (χ2n) is 3.65. The smallest absolute Gasteiger partial charge is 0.125 e. The third-order valence-electron chi connectivity index (χ3n) is 2.47. The van der Waals surface area contributed by atoms with Crippen molar-refractivity contribution in [2.75, 3.05) is 13.6 Å². The molecule has 0 spiro atoms. The maximum absolute atomic E-state index is 5.75. The number of hydroxylamine groups is 2. The van der Waals surface area contributed by atoms with Crippen LogP contribution in [0.15, 0.2) is 42.0 Å². The standard InChI is InChI=1S/C12H15NO/c1-10-8-9-13(2)14-12(10)11-6-4-3-5-7-11/h3-8,12H,9H2,1-2H3. The predicted octanol–water partition coefficient (Wildman–Crippen LogP) is 2.55. The molecule has 0 aliphatic carbocycles. The molecule has 1 unspecified atom stereocenters. The van der Waals surface area contributed by atoms with E-state index in [1.165, 1.54) is 11.1 Å². The Labute approximate surface area is 84.8 Å². The van der Waals surface area contributed by atoms with Crippen LogP contribution in [0.4, 0.5) is 0 Å². The van der Waals surface area contributed by atoms with E-state index in [0.717, 1.165) is 6.54 Å². The van der Waals surface area contributed by atoms with Crippen LogP contribution >= 0.6 is 0 Å². The van der Waals surface area contributed by atoms with Gasteiger partial charge in [-0.3, -0.25) is 4.84 Å². The molecule has 1 aromatic rings. The van der Waals surface area contributed by atoms with Crippen molar-refractivity contribution in [3.05, 3.63) is 47.5 Å². The zero-order valence-electron chi connectivity index (χ0n) is 8.60. The summed E-state index contributed by atoms with van der Waals surface area (Å²) >= 11 is 0. The Morgan fingerprint density at radius 2 is 2.00 bits per heavy atom. The van der Waals surface area contributed by atoms with Gasteiger partial charge in [0.2, 0.25) is 0 Å². The van der Waals surface area contributed by atoms with Gasteiger partial charge >= 0.3 is 0 Å². The van der Waals surface area contributed by atoms with E-state index in [-0.39, 0.29) is 6.10 Å². The van der Waals surface area contributed by atoms with E-state index < -0.39 is 0 Å². The largest absolute Gasteiger partial charge is 0.286 e. The summed E-state index contributed by atoms with van der Waals surface area (Å²) in [7, 11) is 1.96. The monoisotopic (exact) mass is 189 g/mol. The normalized spacial score (nSPS) is 23.3. The minimum Gasteiger partial charge on any atom is -0.286 e. The lowest BCUT2D eigenvalue weighted by molar-refractivity contribution is -0.173. The molecule has 0 saturated heterocycles. The summed E-state index contributed by atoms with van der Waals surface area (Å²) < 4.78 is 0. The van der Waals surface area contributed by atoms with E-state index in [4.69, 9.17) is 4.84 Å². The molecule has 2 heteroatoms. The van der Waals surface area contributed by atoms with Crippen LogP contribution in [0.5, 0.6) is 0 Å². The first-order valence-electron chi connectivity index (χ1n) is 4.87. The molecule has 2 rings (SSSR count). The van der Waals surface area contributed by atoms with Crippen LogP contribution in [0.3, 0.4) is 0 Å².